The van der Waals surface area contributed by atoms with E-state index in [-0.39, 0.29) is 0 Å². The van der Waals surface area contributed by atoms with Crippen LogP contribution in [0.15, 0.2) is 18.2 Å². The van der Waals surface area contributed by atoms with Crippen molar-refractivity contribution < 1.29 is 9.47 Å². The number of methoxy groups -OCH3 is 2. The maximum absolute atomic E-state index is 5.72. The Bertz CT molecular complexity index is 734. The van der Waals surface area contributed by atoms with Gasteiger partial charge in [0.25, 0.3) is 0 Å². The number of nitrogens with one attached hydrogen (secondary N) is 1. The van der Waals surface area contributed by atoms with Crippen molar-refractivity contribution in [2.24, 2.45) is 23.7 Å². The molecule has 4 aliphatic carbocycles. The molecule has 1 aliphatic heterocycles. The molecule has 158 valence electrons. The first-order valence-corrected chi connectivity index (χ1v) is 11.6. The first-order chi connectivity index (χ1) is 14.1. The highest BCUT2D eigenvalue weighted by Gasteiger charge is 2.50. The second-order valence-electron chi connectivity index (χ2n) is 9.44. The summed E-state index contributed by atoms with van der Waals surface area (Å²) in [5, 5.41) is 4.19. The Morgan fingerprint density at radius 2 is 1.52 bits per heavy atom. The van der Waals surface area contributed by atoms with E-state index >= 15 is 0 Å². The zero-order valence-corrected chi connectivity index (χ0v) is 18.4. The molecular formula is C23H33N3O2S. The number of rotatable bonds is 4. The molecule has 1 aromatic rings. The van der Waals surface area contributed by atoms with Gasteiger partial charge < -0.3 is 19.7 Å². The second-order valence-corrected chi connectivity index (χ2v) is 9.83. The second kappa shape index (κ2) is 7.95. The van der Waals surface area contributed by atoms with E-state index in [1.807, 2.05) is 18.2 Å². The van der Waals surface area contributed by atoms with E-state index in [1.165, 1.54) is 32.1 Å². The SMILES string of the molecule is COc1ccc(NC(=S)N2CCN(C3C4CC5CC(C4)CC3C5)CC2)cc1OC. The molecule has 0 radical (unpaired) electrons. The standard InChI is InChI=1S/C23H33N3O2S/c1-27-20-4-3-19(14-21(20)28-2)24-23(29)26-7-5-25(6-8-26)22-17-10-15-9-16(12-17)13-18(22)11-15/h3-4,14-18,22H,5-13H2,1-2H3,(H,24,29). The summed E-state index contributed by atoms with van der Waals surface area (Å²) in [6.45, 7) is 4.31. The fourth-order valence-corrected chi connectivity index (χ4v) is 7.13. The highest BCUT2D eigenvalue weighted by molar-refractivity contribution is 7.80. The van der Waals surface area contributed by atoms with E-state index in [0.29, 0.717) is 5.75 Å². The van der Waals surface area contributed by atoms with Gasteiger partial charge >= 0.3 is 0 Å². The smallest absolute Gasteiger partial charge is 0.173 e. The minimum atomic E-state index is 0.715. The molecule has 5 aliphatic rings. The molecule has 0 atom stereocenters. The predicted molar refractivity (Wildman–Crippen MR) is 120 cm³/mol. The molecule has 1 saturated heterocycles. The summed E-state index contributed by atoms with van der Waals surface area (Å²) in [6.07, 6.45) is 7.52. The molecule has 5 fully saturated rings. The minimum Gasteiger partial charge on any atom is -0.493 e. The van der Waals surface area contributed by atoms with Gasteiger partial charge in [-0.1, -0.05) is 0 Å². The van der Waals surface area contributed by atoms with Crippen LogP contribution in [0.25, 0.3) is 0 Å². The number of nitrogens with zero attached hydrogens (tertiary/aromatic N) is 2. The van der Waals surface area contributed by atoms with Crippen molar-refractivity contribution in [3.8, 4) is 11.5 Å². The van der Waals surface area contributed by atoms with Gasteiger partial charge in [0.2, 0.25) is 0 Å². The maximum atomic E-state index is 5.72. The molecule has 4 bridgehead atoms. The number of thiocarbonyl (C=S) groups is 1. The number of anilines is 1. The lowest BCUT2D eigenvalue weighted by molar-refractivity contribution is -0.0726. The van der Waals surface area contributed by atoms with Crippen molar-refractivity contribution in [3.63, 3.8) is 0 Å². The summed E-state index contributed by atoms with van der Waals surface area (Å²) >= 11 is 5.72. The topological polar surface area (TPSA) is 37.0 Å². The number of ether oxygens (including phenoxy) is 2. The van der Waals surface area contributed by atoms with Crippen LogP contribution in [0.5, 0.6) is 11.5 Å². The van der Waals surface area contributed by atoms with Gasteiger partial charge in [-0.2, -0.15) is 0 Å². The predicted octanol–water partition coefficient (Wildman–Crippen LogP) is 3.84. The summed E-state index contributed by atoms with van der Waals surface area (Å²) in [5.74, 6) is 5.48. The van der Waals surface area contributed by atoms with Gasteiger partial charge in [0.05, 0.1) is 14.2 Å². The Kier molecular flexibility index (Phi) is 5.33. The van der Waals surface area contributed by atoms with Gasteiger partial charge in [-0.05, 0) is 80.1 Å². The number of benzene rings is 1. The molecule has 1 aromatic carbocycles. The molecule has 6 heteroatoms. The Morgan fingerprint density at radius 3 is 2.10 bits per heavy atom. The third kappa shape index (κ3) is 3.70. The van der Waals surface area contributed by atoms with Gasteiger partial charge in [-0.3, -0.25) is 4.90 Å². The van der Waals surface area contributed by atoms with Gasteiger partial charge in [0, 0.05) is 44.0 Å². The van der Waals surface area contributed by atoms with E-state index in [2.05, 4.69) is 15.1 Å². The molecule has 0 unspecified atom stereocenters. The lowest BCUT2D eigenvalue weighted by atomic mass is 9.54. The lowest BCUT2D eigenvalue weighted by Gasteiger charge is -2.58. The van der Waals surface area contributed by atoms with Crippen LogP contribution in [-0.2, 0) is 0 Å². The van der Waals surface area contributed by atoms with Crippen molar-refractivity contribution in [1.82, 2.24) is 9.80 Å². The summed E-state index contributed by atoms with van der Waals surface area (Å²) in [6, 6.07) is 6.68. The summed E-state index contributed by atoms with van der Waals surface area (Å²) in [5.41, 5.74) is 0.941. The molecule has 4 saturated carbocycles. The summed E-state index contributed by atoms with van der Waals surface area (Å²) in [7, 11) is 3.31. The third-order valence-corrected chi connectivity index (χ3v) is 8.20. The first kappa shape index (κ1) is 19.4. The van der Waals surface area contributed by atoms with Gasteiger partial charge in [0.1, 0.15) is 0 Å². The Morgan fingerprint density at radius 1 is 0.897 bits per heavy atom. The fourth-order valence-electron chi connectivity index (χ4n) is 6.83. The average Bonchev–Trinajstić information content (AvgIpc) is 2.73. The van der Waals surface area contributed by atoms with Gasteiger partial charge in [-0.15, -0.1) is 0 Å². The van der Waals surface area contributed by atoms with Crippen LogP contribution < -0.4 is 14.8 Å². The third-order valence-electron chi connectivity index (χ3n) is 7.83. The zero-order chi connectivity index (χ0) is 20.0. The molecule has 29 heavy (non-hydrogen) atoms. The van der Waals surface area contributed by atoms with Crippen LogP contribution in [-0.4, -0.2) is 61.4 Å². The van der Waals surface area contributed by atoms with Crippen LogP contribution in [0.4, 0.5) is 5.69 Å². The van der Waals surface area contributed by atoms with Crippen molar-refractivity contribution in [3.05, 3.63) is 18.2 Å². The van der Waals surface area contributed by atoms with E-state index in [1.54, 1.807) is 14.2 Å². The molecule has 0 aromatic heterocycles. The number of piperazine rings is 1. The van der Waals surface area contributed by atoms with Gasteiger partial charge in [-0.25, -0.2) is 0 Å². The average molecular weight is 416 g/mol. The maximum Gasteiger partial charge on any atom is 0.173 e. The molecule has 1 N–H and O–H groups in total. The molecule has 6 rings (SSSR count). The van der Waals surface area contributed by atoms with Crippen LogP contribution in [0.3, 0.4) is 0 Å². The molecule has 0 amide bonds. The van der Waals surface area contributed by atoms with Crippen LogP contribution in [0.2, 0.25) is 0 Å². The van der Waals surface area contributed by atoms with E-state index < -0.39 is 0 Å². The largest absolute Gasteiger partial charge is 0.493 e. The molecule has 1 heterocycles. The Labute approximate surface area is 179 Å². The molecular weight excluding hydrogens is 382 g/mol. The van der Waals surface area contributed by atoms with Crippen molar-refractivity contribution in [2.45, 2.75) is 38.1 Å². The van der Waals surface area contributed by atoms with Crippen LogP contribution in [0.1, 0.15) is 32.1 Å². The highest BCUT2D eigenvalue weighted by atomic mass is 32.1. The fraction of sp³-hybridized carbons (Fsp3) is 0.696. The first-order valence-electron chi connectivity index (χ1n) is 11.2. The minimum absolute atomic E-state index is 0.715. The van der Waals surface area contributed by atoms with Crippen molar-refractivity contribution >= 4 is 23.0 Å². The zero-order valence-electron chi connectivity index (χ0n) is 17.6. The van der Waals surface area contributed by atoms with E-state index in [0.717, 1.165) is 72.4 Å². The normalized spacial score (nSPS) is 33.6. The van der Waals surface area contributed by atoms with Crippen LogP contribution in [0, 0.1) is 23.7 Å². The van der Waals surface area contributed by atoms with E-state index in [4.69, 9.17) is 21.7 Å². The summed E-state index contributed by atoms with van der Waals surface area (Å²) < 4.78 is 10.7. The Hall–Kier alpha value is -1.53. The monoisotopic (exact) mass is 415 g/mol. The molecule has 5 nitrogen and oxygen atoms in total. The van der Waals surface area contributed by atoms with Crippen molar-refractivity contribution in [2.75, 3.05) is 45.7 Å². The lowest BCUT2D eigenvalue weighted by Crippen LogP contribution is -2.60. The highest BCUT2D eigenvalue weighted by Crippen LogP contribution is 2.55. The summed E-state index contributed by atoms with van der Waals surface area (Å²) in [4.78, 5) is 5.13. The van der Waals surface area contributed by atoms with Gasteiger partial charge in [0.15, 0.2) is 16.6 Å². The van der Waals surface area contributed by atoms with E-state index in [9.17, 15) is 0 Å². The van der Waals surface area contributed by atoms with Crippen molar-refractivity contribution in [1.29, 1.82) is 0 Å². The quantitative estimate of drug-likeness (QED) is 0.753. The number of hydrogen-bond donors (Lipinski definition) is 1. The Balaban J connectivity index is 1.17. The molecule has 0 spiro atoms. The van der Waals surface area contributed by atoms with Crippen LogP contribution >= 0.6 is 12.2 Å². The number of hydrogen-bond acceptors (Lipinski definition) is 4.